The van der Waals surface area contributed by atoms with Gasteiger partial charge in [-0.1, -0.05) is 66.7 Å². The molecule has 2 N–H and O–H groups in total. The van der Waals surface area contributed by atoms with Crippen LogP contribution < -0.4 is 15.4 Å². The molecule has 0 spiro atoms. The molecule has 1 amide bonds. The number of hydrogen-bond donors (Lipinski definition) is 2. The Balaban J connectivity index is 1.75. The molecule has 0 unspecified atom stereocenters. The molecule has 0 aromatic heterocycles. The summed E-state index contributed by atoms with van der Waals surface area (Å²) in [5.74, 6) is 0.112. The highest BCUT2D eigenvalue weighted by Gasteiger charge is 2.23. The van der Waals surface area contributed by atoms with Crippen LogP contribution in [0.5, 0.6) is 5.75 Å². The van der Waals surface area contributed by atoms with Crippen LogP contribution in [0.1, 0.15) is 24.0 Å². The lowest BCUT2D eigenvalue weighted by Gasteiger charge is -2.19. The molecule has 28 heavy (non-hydrogen) atoms. The molecule has 0 radical (unpaired) electrons. The summed E-state index contributed by atoms with van der Waals surface area (Å²) in [6.45, 7) is 2.51. The van der Waals surface area contributed by atoms with Gasteiger partial charge in [0, 0.05) is 11.8 Å². The molecule has 0 aliphatic heterocycles. The summed E-state index contributed by atoms with van der Waals surface area (Å²) in [7, 11) is 0. The van der Waals surface area contributed by atoms with Gasteiger partial charge in [-0.3, -0.25) is 4.79 Å². The van der Waals surface area contributed by atoms with E-state index in [0.717, 1.165) is 22.6 Å². The molecular formula is C23H22N2O2S. The molecule has 0 aliphatic rings. The van der Waals surface area contributed by atoms with Crippen LogP contribution in [0.15, 0.2) is 84.9 Å². The van der Waals surface area contributed by atoms with Crippen LogP contribution >= 0.6 is 12.2 Å². The standard InChI is InChI=1S/C23H22N2O2S/c1-2-27-20-15-9-14-19(16-20)24-23(28)25-22(26)21(17-10-5-3-6-11-17)18-12-7-4-8-13-18/h3-16,21H,2H2,1H3,(H2,24,25,26,28). The largest absolute Gasteiger partial charge is 0.494 e. The zero-order valence-corrected chi connectivity index (χ0v) is 16.4. The van der Waals surface area contributed by atoms with Crippen molar-refractivity contribution in [1.82, 2.24) is 5.32 Å². The molecule has 4 nitrogen and oxygen atoms in total. The third-order valence-electron chi connectivity index (χ3n) is 4.17. The number of thiocarbonyl (C=S) groups is 1. The predicted molar refractivity (Wildman–Crippen MR) is 117 cm³/mol. The van der Waals surface area contributed by atoms with Gasteiger partial charge in [-0.05, 0) is 42.4 Å². The highest BCUT2D eigenvalue weighted by molar-refractivity contribution is 7.80. The normalized spacial score (nSPS) is 10.4. The summed E-state index contributed by atoms with van der Waals surface area (Å²) in [6.07, 6.45) is 0. The molecular weight excluding hydrogens is 368 g/mol. The second-order valence-electron chi connectivity index (χ2n) is 6.16. The summed E-state index contributed by atoms with van der Waals surface area (Å²) in [4.78, 5) is 13.1. The first-order chi connectivity index (χ1) is 13.7. The van der Waals surface area contributed by atoms with Gasteiger partial charge in [0.1, 0.15) is 5.75 Å². The molecule has 142 valence electrons. The fourth-order valence-electron chi connectivity index (χ4n) is 2.96. The molecule has 0 aliphatic carbocycles. The van der Waals surface area contributed by atoms with Gasteiger partial charge in [-0.15, -0.1) is 0 Å². The van der Waals surface area contributed by atoms with Crippen LogP contribution in [0.2, 0.25) is 0 Å². The van der Waals surface area contributed by atoms with Crippen molar-refractivity contribution >= 4 is 28.9 Å². The molecule has 0 saturated carbocycles. The first-order valence-electron chi connectivity index (χ1n) is 9.12. The summed E-state index contributed by atoms with van der Waals surface area (Å²) in [5.41, 5.74) is 2.58. The molecule has 0 atom stereocenters. The SMILES string of the molecule is CCOc1cccc(NC(=S)NC(=O)C(c2ccccc2)c2ccccc2)c1. The second kappa shape index (κ2) is 9.67. The number of anilines is 1. The van der Waals surface area contributed by atoms with E-state index in [1.165, 1.54) is 0 Å². The van der Waals surface area contributed by atoms with Crippen molar-refractivity contribution in [3.05, 3.63) is 96.1 Å². The van der Waals surface area contributed by atoms with Gasteiger partial charge < -0.3 is 15.4 Å². The minimum Gasteiger partial charge on any atom is -0.494 e. The van der Waals surface area contributed by atoms with Crippen LogP contribution in [-0.2, 0) is 4.79 Å². The van der Waals surface area contributed by atoms with Gasteiger partial charge in [-0.25, -0.2) is 0 Å². The Bertz CT molecular complexity index is 890. The smallest absolute Gasteiger partial charge is 0.238 e. The second-order valence-corrected chi connectivity index (χ2v) is 6.57. The van der Waals surface area contributed by atoms with Crippen molar-refractivity contribution in [1.29, 1.82) is 0 Å². The first-order valence-corrected chi connectivity index (χ1v) is 9.53. The summed E-state index contributed by atoms with van der Waals surface area (Å²) < 4.78 is 5.49. The van der Waals surface area contributed by atoms with Crippen molar-refractivity contribution < 1.29 is 9.53 Å². The van der Waals surface area contributed by atoms with E-state index in [0.29, 0.717) is 6.61 Å². The number of rotatable bonds is 6. The number of ether oxygens (including phenoxy) is 1. The van der Waals surface area contributed by atoms with Crippen LogP contribution in [0, 0.1) is 0 Å². The zero-order chi connectivity index (χ0) is 19.8. The Morgan fingerprint density at radius 1 is 0.929 bits per heavy atom. The van der Waals surface area contributed by atoms with Gasteiger partial charge in [0.25, 0.3) is 0 Å². The average molecular weight is 391 g/mol. The third-order valence-corrected chi connectivity index (χ3v) is 4.37. The van der Waals surface area contributed by atoms with E-state index in [2.05, 4.69) is 10.6 Å². The lowest BCUT2D eigenvalue weighted by atomic mass is 9.90. The van der Waals surface area contributed by atoms with E-state index in [1.807, 2.05) is 91.9 Å². The number of nitrogens with one attached hydrogen (secondary N) is 2. The highest BCUT2D eigenvalue weighted by atomic mass is 32.1. The molecule has 0 saturated heterocycles. The monoisotopic (exact) mass is 390 g/mol. The summed E-state index contributed by atoms with van der Waals surface area (Å²) in [6, 6.07) is 26.8. The van der Waals surface area contributed by atoms with Crippen molar-refractivity contribution in [2.24, 2.45) is 0 Å². The molecule has 0 fully saturated rings. The third kappa shape index (κ3) is 5.18. The lowest BCUT2D eigenvalue weighted by Crippen LogP contribution is -2.37. The maximum Gasteiger partial charge on any atom is 0.238 e. The highest BCUT2D eigenvalue weighted by Crippen LogP contribution is 2.25. The topological polar surface area (TPSA) is 50.4 Å². The summed E-state index contributed by atoms with van der Waals surface area (Å²) >= 11 is 5.36. The van der Waals surface area contributed by atoms with Crippen molar-refractivity contribution in [2.45, 2.75) is 12.8 Å². The zero-order valence-electron chi connectivity index (χ0n) is 15.6. The van der Waals surface area contributed by atoms with Crippen LogP contribution in [0.25, 0.3) is 0 Å². The van der Waals surface area contributed by atoms with Gasteiger partial charge in [0.15, 0.2) is 5.11 Å². The van der Waals surface area contributed by atoms with E-state index < -0.39 is 5.92 Å². The quantitative estimate of drug-likeness (QED) is 0.598. The Kier molecular flexibility index (Phi) is 6.76. The van der Waals surface area contributed by atoms with Crippen molar-refractivity contribution in [2.75, 3.05) is 11.9 Å². The lowest BCUT2D eigenvalue weighted by molar-refractivity contribution is -0.120. The average Bonchev–Trinajstić information content (AvgIpc) is 2.70. The van der Waals surface area contributed by atoms with E-state index >= 15 is 0 Å². The van der Waals surface area contributed by atoms with Crippen molar-refractivity contribution in [3.8, 4) is 5.75 Å². The molecule has 0 bridgehead atoms. The van der Waals surface area contributed by atoms with Gasteiger partial charge in [0.05, 0.1) is 12.5 Å². The van der Waals surface area contributed by atoms with Gasteiger partial charge in [0.2, 0.25) is 5.91 Å². The molecule has 3 aromatic rings. The Labute approximate surface area is 170 Å². The summed E-state index contributed by atoms with van der Waals surface area (Å²) in [5, 5.41) is 6.11. The van der Waals surface area contributed by atoms with E-state index in [4.69, 9.17) is 17.0 Å². The maximum atomic E-state index is 13.1. The van der Waals surface area contributed by atoms with Gasteiger partial charge in [-0.2, -0.15) is 0 Å². The number of carbonyl (C=O) groups is 1. The van der Waals surface area contributed by atoms with E-state index in [1.54, 1.807) is 0 Å². The number of amides is 1. The Morgan fingerprint density at radius 3 is 2.11 bits per heavy atom. The number of carbonyl (C=O) groups excluding carboxylic acids is 1. The van der Waals surface area contributed by atoms with E-state index in [9.17, 15) is 4.79 Å². The molecule has 3 rings (SSSR count). The fraction of sp³-hybridized carbons (Fsp3) is 0.130. The van der Waals surface area contributed by atoms with Crippen LogP contribution in [-0.4, -0.2) is 17.6 Å². The fourth-order valence-corrected chi connectivity index (χ4v) is 3.18. The number of benzene rings is 3. The molecule has 3 aromatic carbocycles. The predicted octanol–water partition coefficient (Wildman–Crippen LogP) is 4.73. The Morgan fingerprint density at radius 2 is 1.54 bits per heavy atom. The number of hydrogen-bond acceptors (Lipinski definition) is 3. The first kappa shape index (κ1) is 19.6. The van der Waals surface area contributed by atoms with E-state index in [-0.39, 0.29) is 11.0 Å². The minimum atomic E-state index is -0.447. The Hall–Kier alpha value is -3.18. The van der Waals surface area contributed by atoms with Gasteiger partial charge >= 0.3 is 0 Å². The van der Waals surface area contributed by atoms with Crippen molar-refractivity contribution in [3.63, 3.8) is 0 Å². The van der Waals surface area contributed by atoms with Crippen LogP contribution in [0.3, 0.4) is 0 Å². The molecule has 0 heterocycles. The minimum absolute atomic E-state index is 0.184. The maximum absolute atomic E-state index is 13.1. The van der Waals surface area contributed by atoms with Crippen LogP contribution in [0.4, 0.5) is 5.69 Å². The molecule has 5 heteroatoms.